The number of hydrogen-bond donors (Lipinski definition) is 1. The quantitative estimate of drug-likeness (QED) is 0.839. The molecule has 0 aromatic heterocycles. The van der Waals surface area contributed by atoms with E-state index in [-0.39, 0.29) is 28.7 Å². The van der Waals surface area contributed by atoms with Gasteiger partial charge < -0.3 is 10.5 Å². The lowest BCUT2D eigenvalue weighted by Crippen LogP contribution is -2.39. The number of nitriles is 1. The van der Waals surface area contributed by atoms with Crippen LogP contribution in [0.3, 0.4) is 0 Å². The van der Waals surface area contributed by atoms with Crippen LogP contribution in [0.2, 0.25) is 0 Å². The summed E-state index contributed by atoms with van der Waals surface area (Å²) in [6.07, 6.45) is 0.861. The third kappa shape index (κ3) is 2.79. The van der Waals surface area contributed by atoms with E-state index in [1.165, 1.54) is 4.31 Å². The van der Waals surface area contributed by atoms with Crippen LogP contribution in [0.5, 0.6) is 0 Å². The number of nitrogens with zero attached hydrogens (tertiary/aromatic N) is 2. The number of fused-ring (bicyclic) bond motifs is 2. The number of ether oxygens (including phenoxy) is 1. The van der Waals surface area contributed by atoms with Crippen molar-refractivity contribution in [3.8, 4) is 6.07 Å². The van der Waals surface area contributed by atoms with E-state index in [4.69, 9.17) is 10.5 Å². The predicted octanol–water partition coefficient (Wildman–Crippen LogP) is 3.60. The maximum absolute atomic E-state index is 13.6. The second kappa shape index (κ2) is 6.98. The molecule has 0 aliphatic carbocycles. The van der Waals surface area contributed by atoms with Gasteiger partial charge in [0.2, 0.25) is 5.88 Å². The molecule has 0 unspecified atom stereocenters. The molecule has 2 aliphatic heterocycles. The first kappa shape index (κ1) is 19.1. The molecule has 7 heteroatoms. The van der Waals surface area contributed by atoms with Gasteiger partial charge in [-0.2, -0.15) is 5.26 Å². The number of allylic oxidation sites excluding steroid dienone is 2. The number of rotatable bonds is 3. The minimum Gasteiger partial charge on any atom is -0.439 e. The van der Waals surface area contributed by atoms with Gasteiger partial charge in [-0.25, -0.2) is 8.42 Å². The first-order chi connectivity index (χ1) is 13.9. The van der Waals surface area contributed by atoms with Crippen LogP contribution >= 0.6 is 0 Å². The molecule has 0 saturated heterocycles. The second-order valence-corrected chi connectivity index (χ2v) is 8.73. The molecule has 148 valence electrons. The molecule has 0 spiro atoms. The number of benzene rings is 2. The second-order valence-electron chi connectivity index (χ2n) is 6.90. The van der Waals surface area contributed by atoms with Gasteiger partial charge in [-0.15, -0.1) is 0 Å². The maximum Gasteiger partial charge on any atom is 0.265 e. The van der Waals surface area contributed by atoms with Crippen LogP contribution < -0.4 is 10.0 Å². The van der Waals surface area contributed by atoms with Gasteiger partial charge in [-0.3, -0.25) is 4.31 Å². The average molecular weight is 407 g/mol. The summed E-state index contributed by atoms with van der Waals surface area (Å²) in [5.41, 5.74) is 9.19. The number of sulfonamides is 1. The van der Waals surface area contributed by atoms with Crippen molar-refractivity contribution in [2.45, 2.75) is 26.2 Å². The number of aryl methyl sites for hydroxylation is 1. The molecule has 0 fully saturated rings. The summed E-state index contributed by atoms with van der Waals surface area (Å²) >= 11 is 0. The van der Waals surface area contributed by atoms with Crippen molar-refractivity contribution in [2.75, 3.05) is 10.8 Å². The van der Waals surface area contributed by atoms with Gasteiger partial charge in [-0.05, 0) is 36.6 Å². The molecular formula is C22H21N3O3S. The standard InChI is InChI=1S/C22H21N3O3S/c1-3-14-9-11-15(12-10-14)19-17(13-23)22(24)28-20-16-7-5-6-8-18(16)25(4-2)29(26,27)21(19)20/h5-12,19H,3-4,24H2,1-2H3/t19-/m1/s1. The number of hydrogen-bond acceptors (Lipinski definition) is 5. The minimum atomic E-state index is -3.92. The highest BCUT2D eigenvalue weighted by molar-refractivity contribution is 7.97. The highest BCUT2D eigenvalue weighted by atomic mass is 32.2. The molecule has 2 aromatic carbocycles. The molecule has 2 aromatic rings. The van der Waals surface area contributed by atoms with Crippen LogP contribution in [-0.4, -0.2) is 15.0 Å². The van der Waals surface area contributed by atoms with E-state index in [0.29, 0.717) is 16.8 Å². The van der Waals surface area contributed by atoms with E-state index in [1.54, 1.807) is 19.1 Å². The topological polar surface area (TPSA) is 96.4 Å². The van der Waals surface area contributed by atoms with Gasteiger partial charge in [0.15, 0.2) is 5.76 Å². The smallest absolute Gasteiger partial charge is 0.265 e. The van der Waals surface area contributed by atoms with Gasteiger partial charge in [0.05, 0.1) is 11.6 Å². The van der Waals surface area contributed by atoms with E-state index in [9.17, 15) is 13.7 Å². The van der Waals surface area contributed by atoms with E-state index in [0.717, 1.165) is 12.0 Å². The lowest BCUT2D eigenvalue weighted by Gasteiger charge is -2.37. The third-order valence-electron chi connectivity index (χ3n) is 5.37. The lowest BCUT2D eigenvalue weighted by atomic mass is 9.87. The first-order valence-corrected chi connectivity index (χ1v) is 10.9. The SMILES string of the molecule is CCc1ccc([C@@H]2C(C#N)=C(N)OC3=C2S(=O)(=O)N(CC)c2ccccc23)cc1. The summed E-state index contributed by atoms with van der Waals surface area (Å²) < 4.78 is 34.4. The van der Waals surface area contributed by atoms with Crippen molar-refractivity contribution in [2.24, 2.45) is 5.73 Å². The van der Waals surface area contributed by atoms with Crippen molar-refractivity contribution < 1.29 is 13.2 Å². The zero-order valence-corrected chi connectivity index (χ0v) is 17.0. The van der Waals surface area contributed by atoms with Crippen LogP contribution in [0, 0.1) is 11.3 Å². The number of para-hydroxylation sites is 1. The van der Waals surface area contributed by atoms with Crippen LogP contribution in [0.4, 0.5) is 5.69 Å². The predicted molar refractivity (Wildman–Crippen MR) is 112 cm³/mol. The van der Waals surface area contributed by atoms with E-state index < -0.39 is 15.9 Å². The highest BCUT2D eigenvalue weighted by Gasteiger charge is 2.46. The van der Waals surface area contributed by atoms with Gasteiger partial charge in [0.25, 0.3) is 10.0 Å². The normalized spacial score (nSPS) is 19.9. The highest BCUT2D eigenvalue weighted by Crippen LogP contribution is 2.50. The Bertz CT molecular complexity index is 1190. The fourth-order valence-corrected chi connectivity index (χ4v) is 5.86. The Labute approximate surface area is 170 Å². The van der Waals surface area contributed by atoms with E-state index in [1.807, 2.05) is 43.3 Å². The fraction of sp³-hybridized carbons (Fsp3) is 0.227. The van der Waals surface area contributed by atoms with Gasteiger partial charge in [0.1, 0.15) is 16.5 Å². The molecule has 2 N–H and O–H groups in total. The largest absolute Gasteiger partial charge is 0.439 e. The Kier molecular flexibility index (Phi) is 4.59. The van der Waals surface area contributed by atoms with E-state index >= 15 is 0 Å². The van der Waals surface area contributed by atoms with Crippen molar-refractivity contribution in [1.82, 2.24) is 0 Å². The van der Waals surface area contributed by atoms with Crippen LogP contribution in [0.25, 0.3) is 5.76 Å². The van der Waals surface area contributed by atoms with Crippen LogP contribution in [-0.2, 0) is 21.2 Å². The third-order valence-corrected chi connectivity index (χ3v) is 7.38. The van der Waals surface area contributed by atoms with Crippen molar-refractivity contribution in [1.29, 1.82) is 5.26 Å². The maximum atomic E-state index is 13.6. The molecule has 29 heavy (non-hydrogen) atoms. The van der Waals surface area contributed by atoms with Gasteiger partial charge in [-0.1, -0.05) is 43.3 Å². The Morgan fingerprint density at radius 3 is 2.45 bits per heavy atom. The fourth-order valence-electron chi connectivity index (χ4n) is 3.93. The summed E-state index contributed by atoms with van der Waals surface area (Å²) in [7, 11) is -3.92. The molecule has 0 amide bonds. The van der Waals surface area contributed by atoms with Crippen LogP contribution in [0.15, 0.2) is 64.9 Å². The Hall–Kier alpha value is -3.24. The summed E-state index contributed by atoms with van der Waals surface area (Å²) in [6, 6.07) is 16.8. The van der Waals surface area contributed by atoms with Crippen molar-refractivity contribution in [3.63, 3.8) is 0 Å². The summed E-state index contributed by atoms with van der Waals surface area (Å²) in [4.78, 5) is 0.0630. The summed E-state index contributed by atoms with van der Waals surface area (Å²) in [6.45, 7) is 4.09. The molecule has 0 saturated carbocycles. The molecular weight excluding hydrogens is 386 g/mol. The average Bonchev–Trinajstić information content (AvgIpc) is 2.73. The Morgan fingerprint density at radius 1 is 1.14 bits per heavy atom. The van der Waals surface area contributed by atoms with E-state index in [2.05, 4.69) is 6.07 Å². The summed E-state index contributed by atoms with van der Waals surface area (Å²) in [5, 5.41) is 9.77. The zero-order valence-electron chi connectivity index (χ0n) is 16.2. The molecule has 0 radical (unpaired) electrons. The molecule has 2 aliphatic rings. The molecule has 1 atom stereocenters. The molecule has 6 nitrogen and oxygen atoms in total. The van der Waals surface area contributed by atoms with Crippen LogP contribution in [0.1, 0.15) is 36.5 Å². The minimum absolute atomic E-state index is 0.0630. The zero-order chi connectivity index (χ0) is 20.8. The van der Waals surface area contributed by atoms with Crippen molar-refractivity contribution >= 4 is 21.5 Å². The Balaban J connectivity index is 2.03. The molecule has 2 heterocycles. The lowest BCUT2D eigenvalue weighted by molar-refractivity contribution is 0.357. The Morgan fingerprint density at radius 2 is 1.83 bits per heavy atom. The van der Waals surface area contributed by atoms with Gasteiger partial charge >= 0.3 is 0 Å². The first-order valence-electron chi connectivity index (χ1n) is 9.46. The monoisotopic (exact) mass is 407 g/mol. The molecule has 0 bridgehead atoms. The van der Waals surface area contributed by atoms with Crippen molar-refractivity contribution in [3.05, 3.63) is 81.6 Å². The van der Waals surface area contributed by atoms with Gasteiger partial charge in [0, 0.05) is 12.1 Å². The number of nitrogens with two attached hydrogens (primary N) is 1. The number of anilines is 1. The molecule has 4 rings (SSSR count). The summed E-state index contributed by atoms with van der Waals surface area (Å²) in [5.74, 6) is -0.681.